The van der Waals surface area contributed by atoms with E-state index in [-0.39, 0.29) is 23.5 Å². The fourth-order valence-corrected chi connectivity index (χ4v) is 3.84. The molecular formula is C11H22N2O3S. The molecule has 1 saturated heterocycles. The minimum atomic E-state index is -2.95. The number of unbranched alkanes of at least 4 members (excludes halogenated alkanes) is 1. The summed E-state index contributed by atoms with van der Waals surface area (Å²) in [6, 6.07) is -0.691. The summed E-state index contributed by atoms with van der Waals surface area (Å²) >= 11 is 0. The predicted molar refractivity (Wildman–Crippen MR) is 67.3 cm³/mol. The minimum absolute atomic E-state index is 0.0791. The molecule has 0 saturated carbocycles. The Balaban J connectivity index is 2.52. The van der Waals surface area contributed by atoms with Crippen molar-refractivity contribution in [2.24, 2.45) is 5.73 Å². The maximum atomic E-state index is 12.0. The van der Waals surface area contributed by atoms with E-state index >= 15 is 0 Å². The predicted octanol–water partition coefficient (Wildman–Crippen LogP) is 0.149. The van der Waals surface area contributed by atoms with Gasteiger partial charge in [0.1, 0.15) is 0 Å². The number of hydrogen-bond acceptors (Lipinski definition) is 4. The van der Waals surface area contributed by atoms with Crippen molar-refractivity contribution in [3.05, 3.63) is 0 Å². The Morgan fingerprint density at radius 3 is 2.65 bits per heavy atom. The van der Waals surface area contributed by atoms with Crippen LogP contribution in [0, 0.1) is 0 Å². The van der Waals surface area contributed by atoms with E-state index in [2.05, 4.69) is 0 Å². The molecule has 6 heteroatoms. The van der Waals surface area contributed by atoms with E-state index in [1.165, 1.54) is 4.90 Å². The van der Waals surface area contributed by atoms with E-state index in [1.807, 2.05) is 6.92 Å². The first-order valence-electron chi connectivity index (χ1n) is 6.10. The molecule has 2 N–H and O–H groups in total. The van der Waals surface area contributed by atoms with Crippen LogP contribution in [-0.4, -0.2) is 49.9 Å². The lowest BCUT2D eigenvalue weighted by atomic mass is 10.1. The number of amides is 1. The van der Waals surface area contributed by atoms with Gasteiger partial charge in [-0.1, -0.05) is 19.8 Å². The van der Waals surface area contributed by atoms with E-state index in [1.54, 1.807) is 7.05 Å². The number of carbonyl (C=O) groups is 1. The lowest BCUT2D eigenvalue weighted by Crippen LogP contribution is -2.46. The highest BCUT2D eigenvalue weighted by molar-refractivity contribution is 7.91. The maximum Gasteiger partial charge on any atom is 0.239 e. The number of nitrogens with two attached hydrogens (primary N) is 1. The van der Waals surface area contributed by atoms with Gasteiger partial charge in [-0.3, -0.25) is 4.79 Å². The average molecular weight is 262 g/mol. The zero-order chi connectivity index (χ0) is 13.1. The molecule has 1 aliphatic heterocycles. The fraction of sp³-hybridized carbons (Fsp3) is 0.909. The number of sulfone groups is 1. The smallest absolute Gasteiger partial charge is 0.239 e. The molecule has 5 nitrogen and oxygen atoms in total. The van der Waals surface area contributed by atoms with Crippen LogP contribution >= 0.6 is 0 Å². The van der Waals surface area contributed by atoms with Gasteiger partial charge in [0.05, 0.1) is 17.5 Å². The second-order valence-electron chi connectivity index (χ2n) is 4.75. The van der Waals surface area contributed by atoms with Crippen LogP contribution < -0.4 is 5.73 Å². The molecule has 1 rings (SSSR count). The first kappa shape index (κ1) is 14.4. The number of nitrogens with zero attached hydrogens (tertiary/aromatic N) is 1. The molecule has 1 fully saturated rings. The summed E-state index contributed by atoms with van der Waals surface area (Å²) in [5.41, 5.74) is 5.80. The molecular weight excluding hydrogens is 240 g/mol. The largest absolute Gasteiger partial charge is 0.340 e. The maximum absolute atomic E-state index is 12.0. The van der Waals surface area contributed by atoms with E-state index in [0.29, 0.717) is 12.8 Å². The summed E-state index contributed by atoms with van der Waals surface area (Å²) in [6.45, 7) is 2.05. The highest BCUT2D eigenvalue weighted by Crippen LogP contribution is 2.17. The molecule has 17 heavy (non-hydrogen) atoms. The second-order valence-corrected chi connectivity index (χ2v) is 6.98. The Hall–Kier alpha value is -0.620. The molecule has 0 aromatic heterocycles. The molecule has 1 aliphatic rings. The van der Waals surface area contributed by atoms with Crippen molar-refractivity contribution in [2.75, 3.05) is 18.6 Å². The first-order chi connectivity index (χ1) is 7.87. The summed E-state index contributed by atoms with van der Waals surface area (Å²) in [4.78, 5) is 13.5. The Labute approximate surface area is 103 Å². The van der Waals surface area contributed by atoms with Crippen LogP contribution in [0.2, 0.25) is 0 Å². The molecule has 0 radical (unpaired) electrons. The lowest BCUT2D eigenvalue weighted by molar-refractivity contribution is -0.133. The van der Waals surface area contributed by atoms with Crippen molar-refractivity contribution in [3.8, 4) is 0 Å². The molecule has 0 aromatic carbocycles. The van der Waals surface area contributed by atoms with Gasteiger partial charge in [0.15, 0.2) is 9.84 Å². The van der Waals surface area contributed by atoms with E-state index in [4.69, 9.17) is 5.73 Å². The van der Waals surface area contributed by atoms with Crippen LogP contribution in [0.1, 0.15) is 32.6 Å². The molecule has 1 unspecified atom stereocenters. The van der Waals surface area contributed by atoms with Crippen molar-refractivity contribution in [2.45, 2.75) is 44.7 Å². The van der Waals surface area contributed by atoms with Crippen molar-refractivity contribution in [1.82, 2.24) is 4.90 Å². The second kappa shape index (κ2) is 5.82. The Morgan fingerprint density at radius 2 is 2.18 bits per heavy atom. The monoisotopic (exact) mass is 262 g/mol. The summed E-state index contributed by atoms with van der Waals surface area (Å²) in [7, 11) is -1.30. The number of hydrogen-bond donors (Lipinski definition) is 1. The van der Waals surface area contributed by atoms with Gasteiger partial charge in [-0.2, -0.15) is 0 Å². The third-order valence-corrected chi connectivity index (χ3v) is 5.04. The van der Waals surface area contributed by atoms with Crippen molar-refractivity contribution < 1.29 is 13.2 Å². The van der Waals surface area contributed by atoms with E-state index in [9.17, 15) is 13.2 Å². The van der Waals surface area contributed by atoms with Crippen LogP contribution in [0.5, 0.6) is 0 Å². The molecule has 0 bridgehead atoms. The van der Waals surface area contributed by atoms with Crippen molar-refractivity contribution >= 4 is 15.7 Å². The van der Waals surface area contributed by atoms with Gasteiger partial charge >= 0.3 is 0 Å². The number of likely N-dealkylation sites (N-methyl/N-ethyl adjacent to an activating group) is 1. The van der Waals surface area contributed by atoms with Crippen LogP contribution in [0.15, 0.2) is 0 Å². The SMILES string of the molecule is CCCC[C@H](N)C(=O)N(C)C1CCS(=O)(=O)C1. The van der Waals surface area contributed by atoms with Crippen LogP contribution in [0.4, 0.5) is 0 Å². The standard InChI is InChI=1S/C11H22N2O3S/c1-3-4-5-10(12)11(14)13(2)9-6-7-17(15,16)8-9/h9-10H,3-8,12H2,1-2H3/t9?,10-/m0/s1. The van der Waals surface area contributed by atoms with Gasteiger partial charge in [0.25, 0.3) is 0 Å². The van der Waals surface area contributed by atoms with Crippen LogP contribution in [-0.2, 0) is 14.6 Å². The van der Waals surface area contributed by atoms with Gasteiger partial charge in [0.2, 0.25) is 5.91 Å². The number of carbonyl (C=O) groups excluding carboxylic acids is 1. The topological polar surface area (TPSA) is 80.5 Å². The highest BCUT2D eigenvalue weighted by atomic mass is 32.2. The van der Waals surface area contributed by atoms with Gasteiger partial charge < -0.3 is 10.6 Å². The summed E-state index contributed by atoms with van der Waals surface area (Å²) in [5, 5.41) is 0. The Morgan fingerprint density at radius 1 is 1.53 bits per heavy atom. The Bertz CT molecular complexity index is 367. The third kappa shape index (κ3) is 3.96. The van der Waals surface area contributed by atoms with Gasteiger partial charge in [-0.05, 0) is 12.8 Å². The normalized spacial score (nSPS) is 24.5. The van der Waals surface area contributed by atoms with E-state index in [0.717, 1.165) is 12.8 Å². The fourth-order valence-electron chi connectivity index (χ4n) is 2.07. The summed E-state index contributed by atoms with van der Waals surface area (Å²) in [5.74, 6) is 0.121. The van der Waals surface area contributed by atoms with Gasteiger partial charge in [-0.15, -0.1) is 0 Å². The molecule has 2 atom stereocenters. The molecule has 0 aliphatic carbocycles. The van der Waals surface area contributed by atoms with E-state index < -0.39 is 15.9 Å². The molecule has 1 heterocycles. The van der Waals surface area contributed by atoms with Crippen molar-refractivity contribution in [3.63, 3.8) is 0 Å². The zero-order valence-electron chi connectivity index (χ0n) is 10.6. The minimum Gasteiger partial charge on any atom is -0.340 e. The third-order valence-electron chi connectivity index (χ3n) is 3.29. The first-order valence-corrected chi connectivity index (χ1v) is 7.92. The zero-order valence-corrected chi connectivity index (χ0v) is 11.4. The molecule has 0 spiro atoms. The summed E-state index contributed by atoms with van der Waals surface area (Å²) < 4.78 is 22.7. The Kier molecular flexibility index (Phi) is 4.94. The molecule has 1 amide bonds. The quantitative estimate of drug-likeness (QED) is 0.764. The number of rotatable bonds is 5. The van der Waals surface area contributed by atoms with Gasteiger partial charge in [-0.25, -0.2) is 8.42 Å². The van der Waals surface area contributed by atoms with Gasteiger partial charge in [0, 0.05) is 13.1 Å². The highest BCUT2D eigenvalue weighted by Gasteiger charge is 2.33. The van der Waals surface area contributed by atoms with Crippen molar-refractivity contribution in [1.29, 1.82) is 0 Å². The molecule has 100 valence electrons. The lowest BCUT2D eigenvalue weighted by Gasteiger charge is -2.26. The molecule has 0 aromatic rings. The summed E-state index contributed by atoms with van der Waals surface area (Å²) in [6.07, 6.45) is 3.12. The average Bonchev–Trinajstić information content (AvgIpc) is 2.64. The van der Waals surface area contributed by atoms with Crippen LogP contribution in [0.25, 0.3) is 0 Å². The van der Waals surface area contributed by atoms with Crippen LogP contribution in [0.3, 0.4) is 0 Å².